The van der Waals surface area contributed by atoms with E-state index in [-0.39, 0.29) is 0 Å². The number of methoxy groups -OCH3 is 1. The molecule has 1 atom stereocenters. The van der Waals surface area contributed by atoms with Crippen LogP contribution in [0.1, 0.15) is 17.2 Å². The van der Waals surface area contributed by atoms with Gasteiger partial charge in [-0.05, 0) is 29.8 Å². The number of pyridine rings is 1. The van der Waals surface area contributed by atoms with Crippen LogP contribution >= 0.6 is 11.6 Å². The summed E-state index contributed by atoms with van der Waals surface area (Å²) in [5.74, 6) is 0.739. The number of nitrogens with one attached hydrogen (secondary N) is 1. The molecular weight excluding hydrogens is 322 g/mol. The molecule has 4 nitrogen and oxygen atoms in total. The van der Waals surface area contributed by atoms with E-state index in [1.54, 1.807) is 7.11 Å². The summed E-state index contributed by atoms with van der Waals surface area (Å²) in [6.07, 6.45) is 0. The lowest BCUT2D eigenvalue weighted by molar-refractivity contribution is 0.415. The Kier molecular flexibility index (Phi) is 4.95. The Bertz CT molecular complexity index is 890. The first kappa shape index (κ1) is 16.3. The Morgan fingerprint density at radius 3 is 2.71 bits per heavy atom. The number of rotatable bonds is 5. The Hall–Kier alpha value is -2.61. The van der Waals surface area contributed by atoms with Gasteiger partial charge in [-0.25, -0.2) is 4.98 Å². The maximum absolute atomic E-state index is 9.53. The highest BCUT2D eigenvalue weighted by atomic mass is 35.5. The third-order valence-corrected chi connectivity index (χ3v) is 4.10. The van der Waals surface area contributed by atoms with Gasteiger partial charge in [-0.3, -0.25) is 5.32 Å². The molecule has 0 radical (unpaired) electrons. The van der Waals surface area contributed by atoms with E-state index in [0.29, 0.717) is 17.3 Å². The third kappa shape index (κ3) is 3.48. The highest BCUT2D eigenvalue weighted by Gasteiger charge is 2.16. The Labute approximate surface area is 145 Å². The Morgan fingerprint density at radius 2 is 2.00 bits per heavy atom. The van der Waals surface area contributed by atoms with Crippen LogP contribution in [-0.2, 0) is 6.54 Å². The summed E-state index contributed by atoms with van der Waals surface area (Å²) in [5.41, 5.74) is 2.53. The molecule has 5 heteroatoms. The first-order valence-corrected chi connectivity index (χ1v) is 7.90. The second kappa shape index (κ2) is 7.31. The smallest absolute Gasteiger partial charge is 0.135 e. The lowest BCUT2D eigenvalue weighted by atomic mass is 10.1. The molecule has 0 bridgehead atoms. The van der Waals surface area contributed by atoms with Gasteiger partial charge in [0.2, 0.25) is 0 Å². The van der Waals surface area contributed by atoms with Crippen molar-refractivity contribution in [2.45, 2.75) is 12.6 Å². The fourth-order valence-electron chi connectivity index (χ4n) is 2.52. The van der Waals surface area contributed by atoms with Crippen molar-refractivity contribution < 1.29 is 4.74 Å². The van der Waals surface area contributed by atoms with Gasteiger partial charge >= 0.3 is 0 Å². The molecular formula is C19H16ClN3O. The van der Waals surface area contributed by atoms with Gasteiger partial charge in [0.1, 0.15) is 16.9 Å². The molecule has 2 aromatic carbocycles. The average molecular weight is 338 g/mol. The molecule has 3 aromatic rings. The lowest BCUT2D eigenvalue weighted by Gasteiger charge is -2.14. The summed E-state index contributed by atoms with van der Waals surface area (Å²) in [7, 11) is 1.62. The number of nitriles is 1. The van der Waals surface area contributed by atoms with Crippen LogP contribution in [0.2, 0.25) is 5.15 Å². The number of aromatic nitrogens is 1. The summed E-state index contributed by atoms with van der Waals surface area (Å²) in [4.78, 5) is 4.39. The second-order valence-corrected chi connectivity index (χ2v) is 5.71. The highest BCUT2D eigenvalue weighted by Crippen LogP contribution is 2.28. The molecule has 0 aliphatic rings. The molecule has 120 valence electrons. The number of ether oxygens (including phenoxy) is 1. The minimum Gasteiger partial charge on any atom is -0.497 e. The van der Waals surface area contributed by atoms with Crippen molar-refractivity contribution in [1.29, 1.82) is 5.26 Å². The van der Waals surface area contributed by atoms with Gasteiger partial charge in [-0.15, -0.1) is 0 Å². The molecule has 0 spiro atoms. The zero-order valence-corrected chi connectivity index (χ0v) is 13.9. The van der Waals surface area contributed by atoms with Crippen molar-refractivity contribution in [3.05, 3.63) is 70.9 Å². The van der Waals surface area contributed by atoms with Crippen molar-refractivity contribution in [2.75, 3.05) is 7.11 Å². The van der Waals surface area contributed by atoms with Crippen molar-refractivity contribution in [1.82, 2.24) is 10.3 Å². The van der Waals surface area contributed by atoms with Gasteiger partial charge in [0.05, 0.1) is 18.7 Å². The third-order valence-electron chi connectivity index (χ3n) is 3.80. The van der Waals surface area contributed by atoms with Gasteiger partial charge in [0.25, 0.3) is 0 Å². The van der Waals surface area contributed by atoms with E-state index in [0.717, 1.165) is 22.2 Å². The van der Waals surface area contributed by atoms with Crippen LogP contribution < -0.4 is 10.1 Å². The van der Waals surface area contributed by atoms with Crippen LogP contribution in [0.15, 0.2) is 54.6 Å². The van der Waals surface area contributed by atoms with Crippen LogP contribution in [-0.4, -0.2) is 12.1 Å². The zero-order valence-electron chi connectivity index (χ0n) is 13.2. The maximum Gasteiger partial charge on any atom is 0.135 e. The zero-order chi connectivity index (χ0) is 16.9. The molecule has 0 aliphatic heterocycles. The monoisotopic (exact) mass is 337 g/mol. The van der Waals surface area contributed by atoms with Crippen LogP contribution in [0.25, 0.3) is 10.9 Å². The maximum atomic E-state index is 9.53. The SMILES string of the molecule is COc1ccc2nc(Cl)c(C(C#N)NCc3ccccc3)cc2c1. The summed E-state index contributed by atoms with van der Waals surface area (Å²) in [6, 6.07) is 19.1. The summed E-state index contributed by atoms with van der Waals surface area (Å²) >= 11 is 6.30. The summed E-state index contributed by atoms with van der Waals surface area (Å²) in [6.45, 7) is 0.575. The number of hydrogen-bond acceptors (Lipinski definition) is 4. The van der Waals surface area contributed by atoms with Crippen molar-refractivity contribution in [3.63, 3.8) is 0 Å². The van der Waals surface area contributed by atoms with Gasteiger partial charge in [0.15, 0.2) is 0 Å². The van der Waals surface area contributed by atoms with Crippen molar-refractivity contribution in [2.24, 2.45) is 0 Å². The van der Waals surface area contributed by atoms with Crippen LogP contribution in [0.3, 0.4) is 0 Å². The minimum atomic E-state index is -0.541. The van der Waals surface area contributed by atoms with Gasteiger partial charge in [-0.1, -0.05) is 41.9 Å². The average Bonchev–Trinajstić information content (AvgIpc) is 2.63. The van der Waals surface area contributed by atoms with Crippen molar-refractivity contribution in [3.8, 4) is 11.8 Å². The Morgan fingerprint density at radius 1 is 1.21 bits per heavy atom. The number of fused-ring (bicyclic) bond motifs is 1. The topological polar surface area (TPSA) is 57.9 Å². The number of nitrogens with zero attached hydrogens (tertiary/aromatic N) is 2. The predicted octanol–water partition coefficient (Wildman–Crippen LogP) is 4.25. The first-order valence-electron chi connectivity index (χ1n) is 7.52. The predicted molar refractivity (Wildman–Crippen MR) is 94.9 cm³/mol. The molecule has 0 fully saturated rings. The summed E-state index contributed by atoms with van der Waals surface area (Å²) < 4.78 is 5.24. The van der Waals surface area contributed by atoms with E-state index >= 15 is 0 Å². The van der Waals surface area contributed by atoms with Crippen LogP contribution in [0, 0.1) is 11.3 Å². The quantitative estimate of drug-likeness (QED) is 0.707. The lowest BCUT2D eigenvalue weighted by Crippen LogP contribution is -2.20. The largest absolute Gasteiger partial charge is 0.497 e. The second-order valence-electron chi connectivity index (χ2n) is 5.36. The van der Waals surface area contributed by atoms with E-state index < -0.39 is 6.04 Å². The van der Waals surface area contributed by atoms with E-state index in [2.05, 4.69) is 16.4 Å². The number of benzene rings is 2. The van der Waals surface area contributed by atoms with E-state index in [4.69, 9.17) is 16.3 Å². The molecule has 24 heavy (non-hydrogen) atoms. The minimum absolute atomic E-state index is 0.333. The fraction of sp³-hybridized carbons (Fsp3) is 0.158. The Balaban J connectivity index is 1.90. The molecule has 3 rings (SSSR count). The van der Waals surface area contributed by atoms with E-state index in [1.807, 2.05) is 54.6 Å². The molecule has 0 saturated carbocycles. The first-order chi connectivity index (χ1) is 11.7. The molecule has 1 aromatic heterocycles. The molecule has 0 saturated heterocycles. The highest BCUT2D eigenvalue weighted by molar-refractivity contribution is 6.30. The van der Waals surface area contributed by atoms with Gasteiger partial charge in [-0.2, -0.15) is 5.26 Å². The van der Waals surface area contributed by atoms with Crippen LogP contribution in [0.5, 0.6) is 5.75 Å². The molecule has 1 N–H and O–H groups in total. The molecule has 0 amide bonds. The van der Waals surface area contributed by atoms with Gasteiger partial charge in [0, 0.05) is 17.5 Å². The van der Waals surface area contributed by atoms with Crippen molar-refractivity contribution >= 4 is 22.5 Å². The van der Waals surface area contributed by atoms with Gasteiger partial charge < -0.3 is 4.74 Å². The van der Waals surface area contributed by atoms with Crippen LogP contribution in [0.4, 0.5) is 0 Å². The normalized spacial score (nSPS) is 11.9. The van der Waals surface area contributed by atoms with E-state index in [1.165, 1.54) is 0 Å². The molecule has 0 aliphatic carbocycles. The molecule has 1 heterocycles. The summed E-state index contributed by atoms with van der Waals surface area (Å²) in [5, 5.41) is 14.0. The fourth-order valence-corrected chi connectivity index (χ4v) is 2.77. The van der Waals surface area contributed by atoms with E-state index in [9.17, 15) is 5.26 Å². The number of hydrogen-bond donors (Lipinski definition) is 1. The molecule has 1 unspecified atom stereocenters. The standard InChI is InChI=1S/C19H16ClN3O/c1-24-15-7-8-17-14(9-15)10-16(19(20)23-17)18(11-21)22-12-13-5-3-2-4-6-13/h2-10,18,22H,12H2,1H3. The number of halogens is 1.